The van der Waals surface area contributed by atoms with Crippen LogP contribution in [0.3, 0.4) is 0 Å². The van der Waals surface area contributed by atoms with Crippen molar-refractivity contribution < 1.29 is 14.1 Å². The topological polar surface area (TPSA) is 55.6 Å². The normalized spacial score (nSPS) is 17.6. The molecule has 116 valence electrons. The summed E-state index contributed by atoms with van der Waals surface area (Å²) in [5.74, 6) is 0.501. The van der Waals surface area contributed by atoms with Crippen molar-refractivity contribution in [1.82, 2.24) is 10.1 Å². The summed E-state index contributed by atoms with van der Waals surface area (Å²) in [6.07, 6.45) is 2.22. The van der Waals surface area contributed by atoms with Gasteiger partial charge < -0.3 is 14.2 Å². The minimum absolute atomic E-state index is 0.107. The number of carbonyl (C=O) groups excluding carboxylic acids is 1. The Balaban J connectivity index is 1.72. The average Bonchev–Trinajstić information content (AvgIpc) is 3.24. The van der Waals surface area contributed by atoms with Gasteiger partial charge in [-0.1, -0.05) is 35.5 Å². The summed E-state index contributed by atoms with van der Waals surface area (Å²) in [5.41, 5.74) is 1.26. The average molecular weight is 300 g/mol. The predicted octanol–water partition coefficient (Wildman–Crippen LogP) is 2.98. The summed E-state index contributed by atoms with van der Waals surface area (Å²) in [7, 11) is 0. The second-order valence-corrected chi connectivity index (χ2v) is 5.42. The molecular weight excluding hydrogens is 280 g/mol. The van der Waals surface area contributed by atoms with E-state index in [0.29, 0.717) is 24.5 Å². The molecule has 1 unspecified atom stereocenters. The largest absolute Gasteiger partial charge is 0.376 e. The van der Waals surface area contributed by atoms with E-state index in [9.17, 15) is 4.79 Å². The van der Waals surface area contributed by atoms with Crippen LogP contribution in [0.1, 0.15) is 30.3 Å². The summed E-state index contributed by atoms with van der Waals surface area (Å²) in [6, 6.07) is 11.4. The lowest BCUT2D eigenvalue weighted by Crippen LogP contribution is -2.37. The molecule has 5 nitrogen and oxygen atoms in total. The van der Waals surface area contributed by atoms with E-state index < -0.39 is 0 Å². The molecule has 1 aliphatic rings. The molecule has 2 aromatic rings. The van der Waals surface area contributed by atoms with Crippen molar-refractivity contribution in [3.8, 4) is 11.3 Å². The van der Waals surface area contributed by atoms with Gasteiger partial charge >= 0.3 is 0 Å². The second kappa shape index (κ2) is 6.75. The standard InChI is InChI=1S/C17H20N2O3/c1-2-19(12-14-9-6-10-21-14)17(20)15-11-16(22-18-15)13-7-4-3-5-8-13/h3-5,7-8,11,14H,2,6,9-10,12H2,1H3. The Labute approximate surface area is 129 Å². The lowest BCUT2D eigenvalue weighted by molar-refractivity contribution is 0.0531. The van der Waals surface area contributed by atoms with Gasteiger partial charge in [-0.05, 0) is 19.8 Å². The minimum atomic E-state index is -0.107. The number of aromatic nitrogens is 1. The molecular formula is C17H20N2O3. The SMILES string of the molecule is CCN(CC1CCCO1)C(=O)c1cc(-c2ccccc2)on1. The third kappa shape index (κ3) is 3.20. The number of rotatable bonds is 5. The molecule has 0 spiro atoms. The molecule has 2 heterocycles. The Morgan fingerprint density at radius 3 is 2.86 bits per heavy atom. The minimum Gasteiger partial charge on any atom is -0.376 e. The quantitative estimate of drug-likeness (QED) is 0.852. The van der Waals surface area contributed by atoms with Crippen molar-refractivity contribution >= 4 is 5.91 Å². The zero-order chi connectivity index (χ0) is 15.4. The summed E-state index contributed by atoms with van der Waals surface area (Å²) < 4.78 is 10.9. The van der Waals surface area contributed by atoms with Crippen LogP contribution in [0.2, 0.25) is 0 Å². The molecule has 0 saturated carbocycles. The second-order valence-electron chi connectivity index (χ2n) is 5.42. The molecule has 22 heavy (non-hydrogen) atoms. The Bertz CT molecular complexity index is 618. The van der Waals surface area contributed by atoms with Crippen molar-refractivity contribution in [1.29, 1.82) is 0 Å². The molecule has 1 saturated heterocycles. The van der Waals surface area contributed by atoms with Gasteiger partial charge in [0.15, 0.2) is 11.5 Å². The van der Waals surface area contributed by atoms with Crippen molar-refractivity contribution in [3.05, 3.63) is 42.1 Å². The summed E-state index contributed by atoms with van der Waals surface area (Å²) in [4.78, 5) is 14.3. The third-order valence-corrected chi connectivity index (χ3v) is 3.90. The monoisotopic (exact) mass is 300 g/mol. The van der Waals surface area contributed by atoms with E-state index in [1.165, 1.54) is 0 Å². The van der Waals surface area contributed by atoms with Crippen LogP contribution in [-0.2, 0) is 4.74 Å². The summed E-state index contributed by atoms with van der Waals surface area (Å²) in [5, 5.41) is 3.93. The zero-order valence-corrected chi connectivity index (χ0v) is 12.7. The maximum Gasteiger partial charge on any atom is 0.276 e. The Morgan fingerprint density at radius 2 is 2.18 bits per heavy atom. The number of carbonyl (C=O) groups is 1. The molecule has 0 radical (unpaired) electrons. The first kappa shape index (κ1) is 14.8. The molecule has 1 amide bonds. The van der Waals surface area contributed by atoms with Gasteiger partial charge in [-0.3, -0.25) is 4.79 Å². The van der Waals surface area contributed by atoms with E-state index in [1.54, 1.807) is 11.0 Å². The lowest BCUT2D eigenvalue weighted by atomic mass is 10.1. The number of hydrogen-bond acceptors (Lipinski definition) is 4. The van der Waals surface area contributed by atoms with Gasteiger partial charge in [-0.25, -0.2) is 0 Å². The van der Waals surface area contributed by atoms with Gasteiger partial charge in [0.25, 0.3) is 5.91 Å². The van der Waals surface area contributed by atoms with E-state index in [0.717, 1.165) is 25.0 Å². The Morgan fingerprint density at radius 1 is 1.36 bits per heavy atom. The highest BCUT2D eigenvalue weighted by Crippen LogP contribution is 2.21. The highest BCUT2D eigenvalue weighted by atomic mass is 16.5. The lowest BCUT2D eigenvalue weighted by Gasteiger charge is -2.22. The number of nitrogens with zero attached hydrogens (tertiary/aromatic N) is 2. The molecule has 0 N–H and O–H groups in total. The first-order chi connectivity index (χ1) is 10.8. The summed E-state index contributed by atoms with van der Waals surface area (Å²) in [6.45, 7) is 4.00. The van der Waals surface area contributed by atoms with Gasteiger partial charge in [-0.15, -0.1) is 0 Å². The first-order valence-corrected chi connectivity index (χ1v) is 7.71. The van der Waals surface area contributed by atoms with Crippen LogP contribution in [-0.4, -0.2) is 41.8 Å². The van der Waals surface area contributed by atoms with Crippen LogP contribution in [0.25, 0.3) is 11.3 Å². The summed E-state index contributed by atoms with van der Waals surface area (Å²) >= 11 is 0. The molecule has 0 bridgehead atoms. The molecule has 0 aliphatic carbocycles. The van der Waals surface area contributed by atoms with E-state index in [2.05, 4.69) is 5.16 Å². The van der Waals surface area contributed by atoms with Crippen molar-refractivity contribution in [2.45, 2.75) is 25.9 Å². The highest BCUT2D eigenvalue weighted by Gasteiger charge is 2.24. The number of likely N-dealkylation sites (N-methyl/N-ethyl adjacent to an activating group) is 1. The van der Waals surface area contributed by atoms with Gasteiger partial charge in [0.1, 0.15) is 0 Å². The molecule has 1 atom stereocenters. The molecule has 1 fully saturated rings. The molecule has 5 heteroatoms. The van der Waals surface area contributed by atoms with Crippen molar-refractivity contribution in [2.24, 2.45) is 0 Å². The van der Waals surface area contributed by atoms with Crippen molar-refractivity contribution in [2.75, 3.05) is 19.7 Å². The van der Waals surface area contributed by atoms with Crippen LogP contribution in [0.15, 0.2) is 40.9 Å². The van der Waals surface area contributed by atoms with E-state index in [1.807, 2.05) is 37.3 Å². The van der Waals surface area contributed by atoms with Crippen LogP contribution >= 0.6 is 0 Å². The fourth-order valence-electron chi connectivity index (χ4n) is 2.67. The van der Waals surface area contributed by atoms with Crippen LogP contribution in [0, 0.1) is 0 Å². The van der Waals surface area contributed by atoms with E-state index in [4.69, 9.17) is 9.26 Å². The Kier molecular flexibility index (Phi) is 4.53. The first-order valence-electron chi connectivity index (χ1n) is 7.71. The molecule has 3 rings (SSSR count). The van der Waals surface area contributed by atoms with Gasteiger partial charge in [0.05, 0.1) is 6.10 Å². The predicted molar refractivity (Wildman–Crippen MR) is 82.5 cm³/mol. The van der Waals surface area contributed by atoms with Gasteiger partial charge in [0.2, 0.25) is 0 Å². The smallest absolute Gasteiger partial charge is 0.276 e. The van der Waals surface area contributed by atoms with Gasteiger partial charge in [-0.2, -0.15) is 0 Å². The fraction of sp³-hybridized carbons (Fsp3) is 0.412. The zero-order valence-electron chi connectivity index (χ0n) is 12.7. The molecule has 1 aromatic heterocycles. The third-order valence-electron chi connectivity index (χ3n) is 3.90. The highest BCUT2D eigenvalue weighted by molar-refractivity contribution is 5.93. The van der Waals surface area contributed by atoms with E-state index >= 15 is 0 Å². The number of hydrogen-bond donors (Lipinski definition) is 0. The van der Waals surface area contributed by atoms with Gasteiger partial charge in [0, 0.05) is 31.3 Å². The maximum absolute atomic E-state index is 12.6. The fourth-order valence-corrected chi connectivity index (χ4v) is 2.67. The number of benzene rings is 1. The molecule has 1 aromatic carbocycles. The Hall–Kier alpha value is -2.14. The van der Waals surface area contributed by atoms with Crippen molar-refractivity contribution in [3.63, 3.8) is 0 Å². The van der Waals surface area contributed by atoms with Crippen LogP contribution in [0.4, 0.5) is 0 Å². The number of ether oxygens (including phenoxy) is 1. The van der Waals surface area contributed by atoms with Crippen LogP contribution in [0.5, 0.6) is 0 Å². The maximum atomic E-state index is 12.6. The van der Waals surface area contributed by atoms with Crippen LogP contribution < -0.4 is 0 Å². The molecule has 1 aliphatic heterocycles. The number of amides is 1. The van der Waals surface area contributed by atoms with E-state index in [-0.39, 0.29) is 12.0 Å².